The second-order valence-corrected chi connectivity index (χ2v) is 7.18. The molecule has 0 bridgehead atoms. The van der Waals surface area contributed by atoms with Gasteiger partial charge in [-0.15, -0.1) is 10.2 Å². The van der Waals surface area contributed by atoms with Crippen LogP contribution >= 0.6 is 11.3 Å². The Morgan fingerprint density at radius 3 is 2.77 bits per heavy atom. The Balaban J connectivity index is 1.62. The van der Waals surface area contributed by atoms with Gasteiger partial charge in [-0.2, -0.15) is 9.61 Å². The first-order valence-electron chi connectivity index (χ1n) is 6.38. The minimum atomic E-state index is -3.54. The molecule has 0 saturated carbocycles. The summed E-state index contributed by atoms with van der Waals surface area (Å²) in [6, 6.07) is 6.23. The smallest absolute Gasteiger partial charge is 0.240 e. The fraction of sp³-hybridized carbons (Fsp3) is 0.250. The molecule has 10 heteroatoms. The zero-order chi connectivity index (χ0) is 15.6. The molecule has 1 N–H and O–H groups in total. The zero-order valence-electron chi connectivity index (χ0n) is 11.6. The van der Waals surface area contributed by atoms with Crippen molar-refractivity contribution in [3.8, 4) is 5.75 Å². The zero-order valence-corrected chi connectivity index (χ0v) is 13.3. The maximum absolute atomic E-state index is 12.1. The lowest BCUT2D eigenvalue weighted by atomic mass is 10.3. The molecule has 2 aromatic heterocycles. The predicted octanol–water partition coefficient (Wildman–Crippen LogP) is 0.715. The van der Waals surface area contributed by atoms with E-state index in [-0.39, 0.29) is 11.4 Å². The number of nitrogens with zero attached hydrogens (tertiary/aromatic N) is 4. The highest BCUT2D eigenvalue weighted by Gasteiger charge is 2.14. The quantitative estimate of drug-likeness (QED) is 0.710. The number of hydrogen-bond acceptors (Lipinski definition) is 7. The molecule has 1 aromatic carbocycles. The summed E-state index contributed by atoms with van der Waals surface area (Å²) in [6.45, 7) is 0.262. The maximum atomic E-state index is 12.1. The van der Waals surface area contributed by atoms with Crippen LogP contribution in [0.2, 0.25) is 0 Å². The second kappa shape index (κ2) is 5.99. The van der Waals surface area contributed by atoms with E-state index in [0.29, 0.717) is 17.1 Å². The van der Waals surface area contributed by atoms with E-state index in [4.69, 9.17) is 4.74 Å². The van der Waals surface area contributed by atoms with Crippen molar-refractivity contribution in [1.82, 2.24) is 24.5 Å². The number of rotatable bonds is 6. The van der Waals surface area contributed by atoms with Crippen LogP contribution in [0.5, 0.6) is 5.75 Å². The summed E-state index contributed by atoms with van der Waals surface area (Å²) in [4.78, 5) is 0.888. The Hall–Kier alpha value is -2.04. The number of ether oxygens (including phenoxy) is 1. The minimum absolute atomic E-state index is 0.200. The van der Waals surface area contributed by atoms with E-state index in [1.54, 1.807) is 16.6 Å². The van der Waals surface area contributed by atoms with Crippen molar-refractivity contribution in [3.63, 3.8) is 0 Å². The van der Waals surface area contributed by atoms with E-state index in [9.17, 15) is 8.42 Å². The van der Waals surface area contributed by atoms with Crippen LogP contribution in [0.4, 0.5) is 0 Å². The summed E-state index contributed by atoms with van der Waals surface area (Å²) in [6.07, 6.45) is 2.00. The van der Waals surface area contributed by atoms with Crippen LogP contribution in [0.1, 0.15) is 5.01 Å². The minimum Gasteiger partial charge on any atom is -0.497 e. The summed E-state index contributed by atoms with van der Waals surface area (Å²) in [5, 5.41) is 12.6. The highest BCUT2D eigenvalue weighted by Crippen LogP contribution is 2.16. The fourth-order valence-corrected chi connectivity index (χ4v) is 3.68. The number of methoxy groups -OCH3 is 1. The molecular weight excluding hydrogens is 326 g/mol. The van der Waals surface area contributed by atoms with Gasteiger partial charge in [0.25, 0.3) is 0 Å². The molecule has 0 saturated heterocycles. The van der Waals surface area contributed by atoms with Crippen molar-refractivity contribution in [1.29, 1.82) is 0 Å². The molecule has 3 aromatic rings. The van der Waals surface area contributed by atoms with Gasteiger partial charge < -0.3 is 4.74 Å². The summed E-state index contributed by atoms with van der Waals surface area (Å²) >= 11 is 1.38. The van der Waals surface area contributed by atoms with Crippen molar-refractivity contribution in [3.05, 3.63) is 35.6 Å². The van der Waals surface area contributed by atoms with E-state index in [2.05, 4.69) is 20.0 Å². The third-order valence-corrected chi connectivity index (χ3v) is 5.38. The topological polar surface area (TPSA) is 98.5 Å². The van der Waals surface area contributed by atoms with Gasteiger partial charge in [-0.1, -0.05) is 11.3 Å². The standard InChI is InChI=1S/C12H13N5O3S2/c1-20-9-2-4-10(5-3-9)22(18,19)14-7-6-11-16-17-8-13-15-12(17)21-11/h2-5,8,14H,6-7H2,1H3. The highest BCUT2D eigenvalue weighted by molar-refractivity contribution is 7.89. The lowest BCUT2D eigenvalue weighted by Crippen LogP contribution is -2.26. The number of sulfonamides is 1. The van der Waals surface area contributed by atoms with Crippen LogP contribution in [0.25, 0.3) is 4.96 Å². The summed E-state index contributed by atoms with van der Waals surface area (Å²) in [7, 11) is -2.01. The first kappa shape index (κ1) is 14.9. The van der Waals surface area contributed by atoms with Crippen molar-refractivity contribution >= 4 is 26.3 Å². The molecule has 8 nitrogen and oxygen atoms in total. The second-order valence-electron chi connectivity index (χ2n) is 4.38. The Morgan fingerprint density at radius 1 is 1.32 bits per heavy atom. The summed E-state index contributed by atoms with van der Waals surface area (Å²) in [5.74, 6) is 0.610. The van der Waals surface area contributed by atoms with Crippen LogP contribution in [-0.4, -0.2) is 41.9 Å². The van der Waals surface area contributed by atoms with E-state index in [1.165, 1.54) is 36.9 Å². The maximum Gasteiger partial charge on any atom is 0.240 e. The molecule has 0 aliphatic heterocycles. The van der Waals surface area contributed by atoms with Gasteiger partial charge in [0.15, 0.2) is 0 Å². The van der Waals surface area contributed by atoms with Crippen molar-refractivity contribution in [2.24, 2.45) is 0 Å². The molecule has 0 radical (unpaired) electrons. The molecule has 22 heavy (non-hydrogen) atoms. The van der Waals surface area contributed by atoms with Crippen molar-refractivity contribution < 1.29 is 13.2 Å². The van der Waals surface area contributed by atoms with Gasteiger partial charge >= 0.3 is 0 Å². The molecule has 3 rings (SSSR count). The van der Waals surface area contributed by atoms with E-state index in [0.717, 1.165) is 5.01 Å². The molecule has 116 valence electrons. The normalized spacial score (nSPS) is 11.9. The summed E-state index contributed by atoms with van der Waals surface area (Å²) < 4.78 is 33.4. The molecule has 0 unspecified atom stereocenters. The Bertz CT molecular complexity index is 841. The van der Waals surface area contributed by atoms with E-state index in [1.807, 2.05) is 0 Å². The molecule has 0 fully saturated rings. The Morgan fingerprint density at radius 2 is 2.09 bits per heavy atom. The van der Waals surface area contributed by atoms with Gasteiger partial charge in [0.05, 0.1) is 12.0 Å². The average Bonchev–Trinajstić information content (AvgIpc) is 3.08. The molecule has 0 atom stereocenters. The number of hydrogen-bond donors (Lipinski definition) is 1. The molecule has 0 aliphatic carbocycles. The van der Waals surface area contributed by atoms with Crippen LogP contribution in [0, 0.1) is 0 Å². The number of benzene rings is 1. The number of aromatic nitrogens is 4. The molecular formula is C12H13N5O3S2. The lowest BCUT2D eigenvalue weighted by Gasteiger charge is -2.06. The van der Waals surface area contributed by atoms with Gasteiger partial charge in [0.1, 0.15) is 17.1 Å². The molecule has 2 heterocycles. The van der Waals surface area contributed by atoms with Crippen LogP contribution in [-0.2, 0) is 16.4 Å². The summed E-state index contributed by atoms with van der Waals surface area (Å²) in [5.41, 5.74) is 0. The number of fused-ring (bicyclic) bond motifs is 1. The molecule has 0 amide bonds. The average molecular weight is 339 g/mol. The van der Waals surface area contributed by atoms with Gasteiger partial charge in [-0.3, -0.25) is 0 Å². The molecule has 0 spiro atoms. The van der Waals surface area contributed by atoms with E-state index < -0.39 is 10.0 Å². The predicted molar refractivity (Wildman–Crippen MR) is 80.5 cm³/mol. The Kier molecular flexibility index (Phi) is 4.05. The van der Waals surface area contributed by atoms with Gasteiger partial charge in [0.2, 0.25) is 15.0 Å². The highest BCUT2D eigenvalue weighted by atomic mass is 32.2. The van der Waals surface area contributed by atoms with E-state index >= 15 is 0 Å². The van der Waals surface area contributed by atoms with Gasteiger partial charge in [-0.25, -0.2) is 13.1 Å². The van der Waals surface area contributed by atoms with Crippen LogP contribution in [0.15, 0.2) is 35.5 Å². The molecule has 0 aliphatic rings. The van der Waals surface area contributed by atoms with Crippen molar-refractivity contribution in [2.75, 3.05) is 13.7 Å². The SMILES string of the molecule is COc1ccc(S(=O)(=O)NCCc2nn3cnnc3s2)cc1. The largest absolute Gasteiger partial charge is 0.497 e. The van der Waals surface area contributed by atoms with Gasteiger partial charge in [-0.05, 0) is 24.3 Å². The first-order valence-corrected chi connectivity index (χ1v) is 8.68. The Labute approximate surface area is 130 Å². The van der Waals surface area contributed by atoms with Gasteiger partial charge in [0, 0.05) is 13.0 Å². The van der Waals surface area contributed by atoms with Crippen LogP contribution < -0.4 is 9.46 Å². The van der Waals surface area contributed by atoms with Crippen LogP contribution in [0.3, 0.4) is 0 Å². The monoisotopic (exact) mass is 339 g/mol. The third-order valence-electron chi connectivity index (χ3n) is 2.93. The fourth-order valence-electron chi connectivity index (χ4n) is 1.83. The lowest BCUT2D eigenvalue weighted by molar-refractivity contribution is 0.414. The first-order chi connectivity index (χ1) is 10.6. The van der Waals surface area contributed by atoms with Crippen molar-refractivity contribution in [2.45, 2.75) is 11.3 Å². The number of nitrogens with one attached hydrogen (secondary N) is 1. The third kappa shape index (κ3) is 3.08.